The highest BCUT2D eigenvalue weighted by molar-refractivity contribution is 7.13. The lowest BCUT2D eigenvalue weighted by Crippen LogP contribution is -2.11. The summed E-state index contributed by atoms with van der Waals surface area (Å²) in [6.07, 6.45) is 3.42. The van der Waals surface area contributed by atoms with Crippen molar-refractivity contribution in [3.63, 3.8) is 0 Å². The van der Waals surface area contributed by atoms with Crippen LogP contribution >= 0.6 is 23.7 Å². The van der Waals surface area contributed by atoms with Crippen LogP contribution in [0.25, 0.3) is 10.6 Å². The Bertz CT molecular complexity index is 454. The van der Waals surface area contributed by atoms with E-state index in [0.29, 0.717) is 5.69 Å². The molecule has 2 heterocycles. The average Bonchev–Trinajstić information content (AvgIpc) is 2.68. The summed E-state index contributed by atoms with van der Waals surface area (Å²) in [4.78, 5) is 8.14. The Morgan fingerprint density at radius 3 is 2.53 bits per heavy atom. The molecule has 0 fully saturated rings. The molecule has 0 radical (unpaired) electrons. The zero-order chi connectivity index (χ0) is 9.97. The summed E-state index contributed by atoms with van der Waals surface area (Å²) < 4.78 is 0. The van der Waals surface area contributed by atoms with E-state index in [1.54, 1.807) is 17.8 Å². The molecule has 2 aromatic heterocycles. The molecule has 0 spiro atoms. The van der Waals surface area contributed by atoms with Crippen molar-refractivity contribution in [1.29, 1.82) is 5.41 Å². The number of halogens is 1. The summed E-state index contributed by atoms with van der Waals surface area (Å²) in [5.74, 6) is 0.00144. The van der Waals surface area contributed by atoms with Gasteiger partial charge in [-0.3, -0.25) is 10.4 Å². The van der Waals surface area contributed by atoms with Crippen molar-refractivity contribution in [3.05, 3.63) is 35.6 Å². The summed E-state index contributed by atoms with van der Waals surface area (Å²) in [6.45, 7) is 0. The molecule has 0 aliphatic rings. The number of hydrogen-bond acceptors (Lipinski definition) is 4. The number of amidine groups is 1. The Morgan fingerprint density at radius 1 is 1.33 bits per heavy atom. The molecule has 2 rings (SSSR count). The molecule has 0 unspecified atom stereocenters. The van der Waals surface area contributed by atoms with E-state index in [9.17, 15) is 0 Å². The van der Waals surface area contributed by atoms with Gasteiger partial charge in [-0.2, -0.15) is 0 Å². The van der Waals surface area contributed by atoms with Gasteiger partial charge in [0, 0.05) is 23.3 Å². The topological polar surface area (TPSA) is 75.7 Å². The fourth-order valence-corrected chi connectivity index (χ4v) is 1.85. The normalized spacial score (nSPS) is 9.33. The molecule has 0 saturated carbocycles. The van der Waals surface area contributed by atoms with Crippen LogP contribution in [-0.4, -0.2) is 15.8 Å². The van der Waals surface area contributed by atoms with Gasteiger partial charge in [0.15, 0.2) is 0 Å². The quantitative estimate of drug-likeness (QED) is 0.622. The van der Waals surface area contributed by atoms with Gasteiger partial charge in [0.1, 0.15) is 16.5 Å². The maximum atomic E-state index is 7.22. The van der Waals surface area contributed by atoms with Crippen LogP contribution in [0.5, 0.6) is 0 Å². The van der Waals surface area contributed by atoms with Crippen molar-refractivity contribution in [1.82, 2.24) is 9.97 Å². The van der Waals surface area contributed by atoms with Crippen molar-refractivity contribution >= 4 is 29.6 Å². The van der Waals surface area contributed by atoms with Crippen LogP contribution in [0.15, 0.2) is 29.9 Å². The number of thiazole rings is 1. The molecule has 15 heavy (non-hydrogen) atoms. The first-order chi connectivity index (χ1) is 6.77. The summed E-state index contributed by atoms with van der Waals surface area (Å²) in [5, 5.41) is 9.86. The highest BCUT2D eigenvalue weighted by Gasteiger charge is 2.05. The Hall–Kier alpha value is -1.46. The zero-order valence-corrected chi connectivity index (χ0v) is 9.31. The fraction of sp³-hybridized carbons (Fsp3) is 0. The standard InChI is InChI=1S/C9H8N4S.ClH/c10-8(11)7-5-14-9(13-7)6-1-3-12-4-2-6;/h1-5H,(H3,10,11);1H. The van der Waals surface area contributed by atoms with Crippen LogP contribution in [0.4, 0.5) is 0 Å². The first kappa shape index (κ1) is 11.6. The lowest BCUT2D eigenvalue weighted by molar-refractivity contribution is 1.29. The van der Waals surface area contributed by atoms with Crippen LogP contribution in [0, 0.1) is 5.41 Å². The highest BCUT2D eigenvalue weighted by Crippen LogP contribution is 2.22. The lowest BCUT2D eigenvalue weighted by atomic mass is 10.3. The van der Waals surface area contributed by atoms with Crippen LogP contribution < -0.4 is 5.73 Å². The molecule has 0 bridgehead atoms. The van der Waals surface area contributed by atoms with E-state index in [1.807, 2.05) is 12.1 Å². The molecule has 0 aliphatic heterocycles. The molecular formula is C9H9ClN4S. The van der Waals surface area contributed by atoms with Crippen molar-refractivity contribution < 1.29 is 0 Å². The van der Waals surface area contributed by atoms with Crippen molar-refractivity contribution in [3.8, 4) is 10.6 Å². The van der Waals surface area contributed by atoms with Crippen LogP contribution in [0.3, 0.4) is 0 Å². The molecule has 0 aromatic carbocycles. The summed E-state index contributed by atoms with van der Waals surface area (Å²) in [5.41, 5.74) is 6.85. The number of hydrogen-bond donors (Lipinski definition) is 2. The van der Waals surface area contributed by atoms with E-state index >= 15 is 0 Å². The Balaban J connectivity index is 0.00000112. The van der Waals surface area contributed by atoms with Gasteiger partial charge in [-0.1, -0.05) is 0 Å². The smallest absolute Gasteiger partial charge is 0.142 e. The molecule has 78 valence electrons. The number of nitrogens with zero attached hydrogens (tertiary/aromatic N) is 2. The van der Waals surface area contributed by atoms with E-state index in [2.05, 4.69) is 9.97 Å². The summed E-state index contributed by atoms with van der Waals surface area (Å²) >= 11 is 1.47. The highest BCUT2D eigenvalue weighted by atomic mass is 35.5. The van der Waals surface area contributed by atoms with Crippen LogP contribution in [0.2, 0.25) is 0 Å². The van der Waals surface area contributed by atoms with Gasteiger partial charge >= 0.3 is 0 Å². The minimum atomic E-state index is 0. The van der Waals surface area contributed by atoms with Gasteiger partial charge in [0.2, 0.25) is 0 Å². The molecule has 0 saturated heterocycles. The third-order valence-electron chi connectivity index (χ3n) is 1.71. The van der Waals surface area contributed by atoms with E-state index in [4.69, 9.17) is 11.1 Å². The minimum Gasteiger partial charge on any atom is -0.382 e. The average molecular weight is 241 g/mol. The Kier molecular flexibility index (Phi) is 3.76. The second-order valence-corrected chi connectivity index (χ2v) is 3.55. The molecule has 0 amide bonds. The number of nitrogens with two attached hydrogens (primary N) is 1. The van der Waals surface area contributed by atoms with E-state index < -0.39 is 0 Å². The zero-order valence-electron chi connectivity index (χ0n) is 7.68. The van der Waals surface area contributed by atoms with Crippen molar-refractivity contribution in [2.24, 2.45) is 5.73 Å². The molecule has 2 aromatic rings. The Morgan fingerprint density at radius 2 is 2.00 bits per heavy atom. The fourth-order valence-electron chi connectivity index (χ4n) is 1.02. The number of aromatic nitrogens is 2. The Labute approximate surface area is 97.1 Å². The van der Waals surface area contributed by atoms with Gasteiger partial charge in [-0.15, -0.1) is 23.7 Å². The maximum Gasteiger partial charge on any atom is 0.142 e. The molecule has 6 heteroatoms. The third kappa shape index (κ3) is 2.51. The van der Waals surface area contributed by atoms with Crippen molar-refractivity contribution in [2.45, 2.75) is 0 Å². The first-order valence-electron chi connectivity index (χ1n) is 3.97. The number of pyridine rings is 1. The second-order valence-electron chi connectivity index (χ2n) is 2.69. The minimum absolute atomic E-state index is 0. The summed E-state index contributed by atoms with van der Waals surface area (Å²) in [7, 11) is 0. The molecular weight excluding hydrogens is 232 g/mol. The van der Waals surface area contributed by atoms with Gasteiger partial charge < -0.3 is 5.73 Å². The lowest BCUT2D eigenvalue weighted by Gasteiger charge is -1.93. The van der Waals surface area contributed by atoms with Gasteiger partial charge in [-0.05, 0) is 12.1 Å². The predicted molar refractivity (Wildman–Crippen MR) is 63.6 cm³/mol. The van der Waals surface area contributed by atoms with Crippen LogP contribution in [-0.2, 0) is 0 Å². The van der Waals surface area contributed by atoms with Gasteiger partial charge in [0.05, 0.1) is 0 Å². The molecule has 0 atom stereocenters. The first-order valence-corrected chi connectivity index (χ1v) is 4.85. The molecule has 3 N–H and O–H groups in total. The van der Waals surface area contributed by atoms with Gasteiger partial charge in [0.25, 0.3) is 0 Å². The van der Waals surface area contributed by atoms with Crippen molar-refractivity contribution in [2.75, 3.05) is 0 Å². The third-order valence-corrected chi connectivity index (χ3v) is 2.60. The van der Waals surface area contributed by atoms with E-state index in [0.717, 1.165) is 10.6 Å². The van der Waals surface area contributed by atoms with Gasteiger partial charge in [-0.25, -0.2) is 4.98 Å². The second kappa shape index (κ2) is 4.86. The SMILES string of the molecule is Cl.N=C(N)c1csc(-c2ccncc2)n1. The number of nitrogens with one attached hydrogen (secondary N) is 1. The van der Waals surface area contributed by atoms with E-state index in [1.165, 1.54) is 11.3 Å². The predicted octanol–water partition coefficient (Wildman–Crippen LogP) is 1.91. The largest absolute Gasteiger partial charge is 0.382 e. The van der Waals surface area contributed by atoms with Crippen LogP contribution in [0.1, 0.15) is 5.69 Å². The maximum absolute atomic E-state index is 7.22. The number of rotatable bonds is 2. The van der Waals surface area contributed by atoms with E-state index in [-0.39, 0.29) is 18.2 Å². The summed E-state index contributed by atoms with van der Waals surface area (Å²) in [6, 6.07) is 3.76. The molecule has 0 aliphatic carbocycles. The number of nitrogen functional groups attached to an aromatic ring is 1. The monoisotopic (exact) mass is 240 g/mol. The molecule has 4 nitrogen and oxygen atoms in total.